The number of nitrogens with zero attached hydrogens (tertiary/aromatic N) is 2. The van der Waals surface area contributed by atoms with Gasteiger partial charge in [-0.05, 0) is 37.8 Å². The second kappa shape index (κ2) is 9.25. The number of hydrogen-bond donors (Lipinski definition) is 2. The van der Waals surface area contributed by atoms with E-state index in [2.05, 4.69) is 15.2 Å². The maximum absolute atomic E-state index is 13.2. The molecule has 0 bridgehead atoms. The van der Waals surface area contributed by atoms with Gasteiger partial charge >= 0.3 is 0 Å². The molecule has 3 N–H and O–H groups in total. The largest absolute Gasteiger partial charge is 0.489 e. The molecule has 2 unspecified atom stereocenters. The van der Waals surface area contributed by atoms with Gasteiger partial charge in [0.2, 0.25) is 5.91 Å². The average Bonchev–Trinajstić information content (AvgIpc) is 2.55. The SMILES string of the molecule is CN=C(NCC(C)Oc1cccc(F)c1)N1CCCC(CC(N)=O)C1. The van der Waals surface area contributed by atoms with Crippen molar-refractivity contribution in [3.05, 3.63) is 30.1 Å². The summed E-state index contributed by atoms with van der Waals surface area (Å²) >= 11 is 0. The normalized spacial score (nSPS) is 19.4. The molecule has 2 atom stereocenters. The quantitative estimate of drug-likeness (QED) is 0.605. The van der Waals surface area contributed by atoms with Crippen LogP contribution in [0.3, 0.4) is 0 Å². The summed E-state index contributed by atoms with van der Waals surface area (Å²) in [5, 5.41) is 3.29. The number of piperidine rings is 1. The lowest BCUT2D eigenvalue weighted by Crippen LogP contribution is -2.49. The zero-order chi connectivity index (χ0) is 18.2. The lowest BCUT2D eigenvalue weighted by atomic mass is 9.95. The number of guanidine groups is 1. The first-order chi connectivity index (χ1) is 12.0. The minimum Gasteiger partial charge on any atom is -0.489 e. The minimum atomic E-state index is -0.317. The van der Waals surface area contributed by atoms with Gasteiger partial charge < -0.3 is 20.7 Å². The van der Waals surface area contributed by atoms with Crippen LogP contribution in [0.2, 0.25) is 0 Å². The second-order valence-electron chi connectivity index (χ2n) is 6.44. The van der Waals surface area contributed by atoms with Gasteiger partial charge in [-0.3, -0.25) is 9.79 Å². The molecule has 2 rings (SSSR count). The maximum atomic E-state index is 13.2. The number of benzene rings is 1. The topological polar surface area (TPSA) is 80.0 Å². The van der Waals surface area contributed by atoms with Gasteiger partial charge in [-0.15, -0.1) is 0 Å². The van der Waals surface area contributed by atoms with Crippen LogP contribution in [0.5, 0.6) is 5.75 Å². The third-order valence-electron chi connectivity index (χ3n) is 4.20. The molecule has 0 spiro atoms. The number of carbonyl (C=O) groups excluding carboxylic acids is 1. The van der Waals surface area contributed by atoms with E-state index in [0.29, 0.717) is 18.7 Å². The molecule has 7 heteroatoms. The molecule has 1 heterocycles. The Morgan fingerprint density at radius 2 is 2.36 bits per heavy atom. The number of rotatable bonds is 6. The van der Waals surface area contributed by atoms with Crippen molar-refractivity contribution in [2.24, 2.45) is 16.6 Å². The molecule has 0 aliphatic carbocycles. The van der Waals surface area contributed by atoms with Crippen LogP contribution in [0.1, 0.15) is 26.2 Å². The standard InChI is InChI=1S/C18H27FN4O2/c1-13(25-16-7-3-6-15(19)10-16)11-22-18(21-2)23-8-4-5-14(12-23)9-17(20)24/h3,6-7,10,13-14H,4-5,8-9,11-12H2,1-2H3,(H2,20,24)(H,21,22). The fourth-order valence-corrected chi connectivity index (χ4v) is 3.09. The van der Waals surface area contributed by atoms with Gasteiger partial charge in [0.05, 0.1) is 6.54 Å². The fraction of sp³-hybridized carbons (Fsp3) is 0.556. The Hall–Kier alpha value is -2.31. The molecule has 0 aromatic heterocycles. The van der Waals surface area contributed by atoms with Crippen LogP contribution >= 0.6 is 0 Å². The summed E-state index contributed by atoms with van der Waals surface area (Å²) in [7, 11) is 1.73. The predicted molar refractivity (Wildman–Crippen MR) is 96.0 cm³/mol. The Labute approximate surface area is 148 Å². The first-order valence-electron chi connectivity index (χ1n) is 8.64. The molecule has 6 nitrogen and oxygen atoms in total. The number of carbonyl (C=O) groups is 1. The number of halogens is 1. The van der Waals surface area contributed by atoms with Gasteiger partial charge in [-0.25, -0.2) is 4.39 Å². The number of aliphatic imine (C=N–C) groups is 1. The highest BCUT2D eigenvalue weighted by atomic mass is 19.1. The highest BCUT2D eigenvalue weighted by molar-refractivity contribution is 5.80. The zero-order valence-electron chi connectivity index (χ0n) is 14.9. The lowest BCUT2D eigenvalue weighted by Gasteiger charge is -2.35. The van der Waals surface area contributed by atoms with Crippen LogP contribution in [0, 0.1) is 11.7 Å². The second-order valence-corrected chi connectivity index (χ2v) is 6.44. The first kappa shape index (κ1) is 19.0. The Balaban J connectivity index is 1.84. The Kier molecular flexibility index (Phi) is 7.03. The van der Waals surface area contributed by atoms with Crippen molar-refractivity contribution >= 4 is 11.9 Å². The van der Waals surface area contributed by atoms with Crippen LogP contribution in [0.15, 0.2) is 29.3 Å². The van der Waals surface area contributed by atoms with Crippen molar-refractivity contribution in [2.45, 2.75) is 32.3 Å². The van der Waals surface area contributed by atoms with E-state index in [1.807, 2.05) is 6.92 Å². The van der Waals surface area contributed by atoms with Crippen molar-refractivity contribution in [1.29, 1.82) is 0 Å². The van der Waals surface area contributed by atoms with E-state index in [-0.39, 0.29) is 23.7 Å². The van der Waals surface area contributed by atoms with E-state index in [4.69, 9.17) is 10.5 Å². The number of hydrogen-bond acceptors (Lipinski definition) is 3. The lowest BCUT2D eigenvalue weighted by molar-refractivity contribution is -0.119. The molecular weight excluding hydrogens is 323 g/mol. The number of primary amides is 1. The summed E-state index contributed by atoms with van der Waals surface area (Å²) < 4.78 is 18.9. The summed E-state index contributed by atoms with van der Waals surface area (Å²) in [6.45, 7) is 4.12. The monoisotopic (exact) mass is 350 g/mol. The van der Waals surface area contributed by atoms with Crippen LogP contribution in [-0.2, 0) is 4.79 Å². The van der Waals surface area contributed by atoms with Crippen LogP contribution in [0.25, 0.3) is 0 Å². The molecule has 1 saturated heterocycles. The average molecular weight is 350 g/mol. The number of nitrogens with two attached hydrogens (primary N) is 1. The van der Waals surface area contributed by atoms with Gasteiger partial charge in [0.1, 0.15) is 17.7 Å². The van der Waals surface area contributed by atoms with Crippen LogP contribution < -0.4 is 15.8 Å². The van der Waals surface area contributed by atoms with Gasteiger partial charge in [0.25, 0.3) is 0 Å². The van der Waals surface area contributed by atoms with Crippen LogP contribution in [-0.4, -0.2) is 49.6 Å². The Morgan fingerprint density at radius 3 is 3.04 bits per heavy atom. The molecule has 0 radical (unpaired) electrons. The van der Waals surface area contributed by atoms with E-state index >= 15 is 0 Å². The molecule has 25 heavy (non-hydrogen) atoms. The molecule has 138 valence electrons. The first-order valence-corrected chi connectivity index (χ1v) is 8.64. The summed E-state index contributed by atoms with van der Waals surface area (Å²) in [4.78, 5) is 17.6. The number of amides is 1. The van der Waals surface area contributed by atoms with Gasteiger partial charge in [-0.2, -0.15) is 0 Å². The van der Waals surface area contributed by atoms with Crippen molar-refractivity contribution in [3.63, 3.8) is 0 Å². The molecule has 1 aromatic rings. The summed E-state index contributed by atoms with van der Waals surface area (Å²) in [5.41, 5.74) is 5.31. The summed E-state index contributed by atoms with van der Waals surface area (Å²) in [6, 6.07) is 6.10. The third-order valence-corrected chi connectivity index (χ3v) is 4.20. The van der Waals surface area contributed by atoms with E-state index in [1.54, 1.807) is 19.2 Å². The van der Waals surface area contributed by atoms with Crippen LogP contribution in [0.4, 0.5) is 4.39 Å². The Bertz CT molecular complexity index is 608. The van der Waals surface area contributed by atoms with E-state index in [9.17, 15) is 9.18 Å². The molecule has 1 aliphatic heterocycles. The van der Waals surface area contributed by atoms with Gasteiger partial charge in [-0.1, -0.05) is 6.07 Å². The third kappa shape index (κ3) is 6.25. The van der Waals surface area contributed by atoms with Gasteiger partial charge in [0, 0.05) is 32.6 Å². The number of ether oxygens (including phenoxy) is 1. The van der Waals surface area contributed by atoms with Crippen molar-refractivity contribution in [3.8, 4) is 5.75 Å². The van der Waals surface area contributed by atoms with Gasteiger partial charge in [0.15, 0.2) is 5.96 Å². The summed E-state index contributed by atoms with van der Waals surface area (Å²) in [6.07, 6.45) is 2.28. The molecule has 1 amide bonds. The highest BCUT2D eigenvalue weighted by Crippen LogP contribution is 2.19. The molecule has 1 aliphatic rings. The van der Waals surface area contributed by atoms with Crippen molar-refractivity contribution in [1.82, 2.24) is 10.2 Å². The minimum absolute atomic E-state index is 0.148. The van der Waals surface area contributed by atoms with E-state index in [1.165, 1.54) is 12.1 Å². The highest BCUT2D eigenvalue weighted by Gasteiger charge is 2.23. The molecule has 0 saturated carbocycles. The van der Waals surface area contributed by atoms with E-state index < -0.39 is 0 Å². The van der Waals surface area contributed by atoms with Crippen molar-refractivity contribution in [2.75, 3.05) is 26.7 Å². The zero-order valence-corrected chi connectivity index (χ0v) is 14.9. The summed E-state index contributed by atoms with van der Waals surface area (Å²) in [5.74, 6) is 0.979. The van der Waals surface area contributed by atoms with Crippen molar-refractivity contribution < 1.29 is 13.9 Å². The maximum Gasteiger partial charge on any atom is 0.217 e. The fourth-order valence-electron chi connectivity index (χ4n) is 3.09. The smallest absolute Gasteiger partial charge is 0.217 e. The Morgan fingerprint density at radius 1 is 1.56 bits per heavy atom. The number of likely N-dealkylation sites (tertiary alicyclic amines) is 1. The number of nitrogens with one attached hydrogen (secondary N) is 1. The molecule has 1 aromatic carbocycles. The van der Waals surface area contributed by atoms with E-state index in [0.717, 1.165) is 31.9 Å². The predicted octanol–water partition coefficient (Wildman–Crippen LogP) is 1.76. The molecular formula is C18H27FN4O2. The molecule has 1 fully saturated rings.